The van der Waals surface area contributed by atoms with Crippen LogP contribution in [0.4, 0.5) is 0 Å². The van der Waals surface area contributed by atoms with Crippen molar-refractivity contribution in [1.82, 2.24) is 20.4 Å². The standard InChI is InChI=1S/C22H39N5O.HI/c1-6-23-22(24-15-19-7-9-20(10-8-19)17-26(4)5)25-16-21(18(2)3)27-11-13-28-14-12-27;/h7-10,18,21H,6,11-17H2,1-5H3,(H2,23,24,25);1H. The monoisotopic (exact) mass is 517 g/mol. The Morgan fingerprint density at radius 1 is 1.10 bits per heavy atom. The van der Waals surface area contributed by atoms with Gasteiger partial charge in [-0.25, -0.2) is 4.99 Å². The lowest BCUT2D eigenvalue weighted by molar-refractivity contribution is 0.00752. The first-order chi connectivity index (χ1) is 13.5. The van der Waals surface area contributed by atoms with E-state index in [1.165, 1.54) is 11.1 Å². The molecule has 0 radical (unpaired) electrons. The summed E-state index contributed by atoms with van der Waals surface area (Å²) in [5.41, 5.74) is 2.56. The summed E-state index contributed by atoms with van der Waals surface area (Å²) in [4.78, 5) is 9.51. The average molecular weight is 518 g/mol. The topological polar surface area (TPSA) is 52.1 Å². The third kappa shape index (κ3) is 9.63. The molecule has 0 spiro atoms. The molecule has 0 aromatic heterocycles. The summed E-state index contributed by atoms with van der Waals surface area (Å²) in [6, 6.07) is 9.22. The second-order valence-electron chi connectivity index (χ2n) is 8.09. The molecule has 1 heterocycles. The van der Waals surface area contributed by atoms with Crippen molar-refractivity contribution in [3.8, 4) is 0 Å². The van der Waals surface area contributed by atoms with Gasteiger partial charge in [0, 0.05) is 38.8 Å². The van der Waals surface area contributed by atoms with Gasteiger partial charge in [0.25, 0.3) is 0 Å². The van der Waals surface area contributed by atoms with Crippen LogP contribution in [0.25, 0.3) is 0 Å². The smallest absolute Gasteiger partial charge is 0.191 e. The van der Waals surface area contributed by atoms with Gasteiger partial charge >= 0.3 is 0 Å². The third-order valence-corrected chi connectivity index (χ3v) is 5.05. The number of hydrogen-bond acceptors (Lipinski definition) is 4. The Morgan fingerprint density at radius 2 is 1.72 bits per heavy atom. The van der Waals surface area contributed by atoms with E-state index in [-0.39, 0.29) is 24.0 Å². The quantitative estimate of drug-likeness (QED) is 0.300. The molecular weight excluding hydrogens is 477 g/mol. The SMILES string of the molecule is CCNC(=NCc1ccc(CN(C)C)cc1)NCC(C(C)C)N1CCOCC1.I. The largest absolute Gasteiger partial charge is 0.379 e. The van der Waals surface area contributed by atoms with Gasteiger partial charge in [-0.1, -0.05) is 38.1 Å². The lowest BCUT2D eigenvalue weighted by Gasteiger charge is -2.37. The molecule has 1 aliphatic rings. The highest BCUT2D eigenvalue weighted by atomic mass is 127. The van der Waals surface area contributed by atoms with Gasteiger partial charge in [-0.2, -0.15) is 0 Å². The Labute approximate surface area is 194 Å². The second-order valence-corrected chi connectivity index (χ2v) is 8.09. The molecule has 0 bridgehead atoms. The Bertz CT molecular complexity index is 585. The first kappa shape index (κ1) is 26.1. The van der Waals surface area contributed by atoms with Gasteiger partial charge in [0.15, 0.2) is 5.96 Å². The maximum atomic E-state index is 5.51. The summed E-state index contributed by atoms with van der Waals surface area (Å²) in [7, 11) is 4.18. The van der Waals surface area contributed by atoms with Gasteiger partial charge in [0.1, 0.15) is 0 Å². The van der Waals surface area contributed by atoms with Crippen molar-refractivity contribution in [2.45, 2.75) is 39.9 Å². The fourth-order valence-corrected chi connectivity index (χ4v) is 3.52. The van der Waals surface area contributed by atoms with Gasteiger partial charge in [-0.15, -0.1) is 24.0 Å². The molecule has 6 nitrogen and oxygen atoms in total. The van der Waals surface area contributed by atoms with Crippen LogP contribution in [0.5, 0.6) is 0 Å². The molecular formula is C22H40IN5O. The lowest BCUT2D eigenvalue weighted by Crippen LogP contribution is -2.52. The second kappa shape index (κ2) is 14.2. The predicted octanol–water partition coefficient (Wildman–Crippen LogP) is 2.78. The number of rotatable bonds is 9. The van der Waals surface area contributed by atoms with Crippen molar-refractivity contribution in [2.24, 2.45) is 10.9 Å². The van der Waals surface area contributed by atoms with E-state index in [1.54, 1.807) is 0 Å². The van der Waals surface area contributed by atoms with E-state index in [4.69, 9.17) is 9.73 Å². The van der Waals surface area contributed by atoms with Crippen LogP contribution in [0.3, 0.4) is 0 Å². The molecule has 166 valence electrons. The van der Waals surface area contributed by atoms with Gasteiger partial charge in [0.2, 0.25) is 0 Å². The van der Waals surface area contributed by atoms with E-state index in [9.17, 15) is 0 Å². The molecule has 1 saturated heterocycles. The van der Waals surface area contributed by atoms with Crippen molar-refractivity contribution in [3.63, 3.8) is 0 Å². The molecule has 1 unspecified atom stereocenters. The normalized spacial score (nSPS) is 16.6. The van der Waals surface area contributed by atoms with Gasteiger partial charge in [0.05, 0.1) is 19.8 Å². The Kier molecular flexibility index (Phi) is 12.8. The number of nitrogens with zero attached hydrogens (tertiary/aromatic N) is 3. The van der Waals surface area contributed by atoms with Crippen molar-refractivity contribution < 1.29 is 4.74 Å². The Balaban J connectivity index is 0.00000420. The summed E-state index contributed by atoms with van der Waals surface area (Å²) in [5, 5.41) is 6.93. The number of morpholine rings is 1. The van der Waals surface area contributed by atoms with Crippen LogP contribution in [-0.4, -0.2) is 75.3 Å². The van der Waals surface area contributed by atoms with Gasteiger partial charge < -0.3 is 20.3 Å². The zero-order chi connectivity index (χ0) is 20.4. The summed E-state index contributed by atoms with van der Waals surface area (Å²) < 4.78 is 5.51. The van der Waals surface area contributed by atoms with E-state index >= 15 is 0 Å². The van der Waals surface area contributed by atoms with E-state index in [2.05, 4.69) is 79.6 Å². The summed E-state index contributed by atoms with van der Waals surface area (Å²) >= 11 is 0. The minimum Gasteiger partial charge on any atom is -0.379 e. The molecule has 0 saturated carbocycles. The van der Waals surface area contributed by atoms with Crippen LogP contribution in [-0.2, 0) is 17.8 Å². The average Bonchev–Trinajstić information content (AvgIpc) is 2.67. The summed E-state index contributed by atoms with van der Waals surface area (Å²) in [6.45, 7) is 13.8. The number of ether oxygens (including phenoxy) is 1. The predicted molar refractivity (Wildman–Crippen MR) is 133 cm³/mol. The summed E-state index contributed by atoms with van der Waals surface area (Å²) in [5.74, 6) is 1.47. The lowest BCUT2D eigenvalue weighted by atomic mass is 10.0. The Hall–Kier alpha value is -0.900. The highest BCUT2D eigenvalue weighted by Crippen LogP contribution is 2.12. The van der Waals surface area contributed by atoms with Crippen molar-refractivity contribution in [3.05, 3.63) is 35.4 Å². The molecule has 1 fully saturated rings. The molecule has 1 atom stereocenters. The number of halogens is 1. The number of hydrogen-bond donors (Lipinski definition) is 2. The van der Waals surface area contributed by atoms with Crippen LogP contribution >= 0.6 is 24.0 Å². The van der Waals surface area contributed by atoms with Gasteiger partial charge in [-0.05, 0) is 38.1 Å². The molecule has 1 aliphatic heterocycles. The van der Waals surface area contributed by atoms with Crippen molar-refractivity contribution >= 4 is 29.9 Å². The number of guanidine groups is 1. The zero-order valence-corrected chi connectivity index (χ0v) is 21.1. The molecule has 2 rings (SSSR count). The molecule has 0 aliphatic carbocycles. The molecule has 7 heteroatoms. The molecule has 1 aromatic carbocycles. The van der Waals surface area contributed by atoms with Gasteiger partial charge in [-0.3, -0.25) is 4.90 Å². The van der Waals surface area contributed by atoms with Crippen molar-refractivity contribution in [2.75, 3.05) is 53.5 Å². The fourth-order valence-electron chi connectivity index (χ4n) is 3.52. The molecule has 29 heavy (non-hydrogen) atoms. The molecule has 1 aromatic rings. The van der Waals surface area contributed by atoms with Crippen LogP contribution in [0.2, 0.25) is 0 Å². The van der Waals surface area contributed by atoms with Crippen LogP contribution in [0, 0.1) is 5.92 Å². The number of benzene rings is 1. The first-order valence-corrected chi connectivity index (χ1v) is 10.6. The van der Waals surface area contributed by atoms with E-state index in [1.807, 2.05) is 0 Å². The minimum absolute atomic E-state index is 0. The maximum Gasteiger partial charge on any atom is 0.191 e. The van der Waals surface area contributed by atoms with Crippen LogP contribution in [0.15, 0.2) is 29.3 Å². The third-order valence-electron chi connectivity index (χ3n) is 5.05. The van der Waals surface area contributed by atoms with E-state index in [0.717, 1.165) is 51.9 Å². The van der Waals surface area contributed by atoms with Crippen LogP contribution in [0.1, 0.15) is 31.9 Å². The van der Waals surface area contributed by atoms with Crippen molar-refractivity contribution in [1.29, 1.82) is 0 Å². The molecule has 2 N–H and O–H groups in total. The zero-order valence-electron chi connectivity index (χ0n) is 18.8. The summed E-state index contributed by atoms with van der Waals surface area (Å²) in [6.07, 6.45) is 0. The minimum atomic E-state index is 0. The maximum absolute atomic E-state index is 5.51. The van der Waals surface area contributed by atoms with E-state index < -0.39 is 0 Å². The highest BCUT2D eigenvalue weighted by molar-refractivity contribution is 14.0. The van der Waals surface area contributed by atoms with E-state index in [0.29, 0.717) is 18.5 Å². The molecule has 0 amide bonds. The highest BCUT2D eigenvalue weighted by Gasteiger charge is 2.23. The van der Waals surface area contributed by atoms with Crippen LogP contribution < -0.4 is 10.6 Å². The first-order valence-electron chi connectivity index (χ1n) is 10.6. The number of nitrogens with one attached hydrogen (secondary N) is 2. The number of aliphatic imine (C=N–C) groups is 1. The Morgan fingerprint density at radius 3 is 2.28 bits per heavy atom. The fraction of sp³-hybridized carbons (Fsp3) is 0.682.